The van der Waals surface area contributed by atoms with Crippen LogP contribution in [0, 0.1) is 6.07 Å². The van der Waals surface area contributed by atoms with Crippen molar-refractivity contribution in [2.45, 2.75) is 27.0 Å². The average Bonchev–Trinajstić information content (AvgIpc) is 2.21. The SMILES string of the molecule is CCN(CC)C(C)Oc1c[c]ccc1. The quantitative estimate of drug-likeness (QED) is 0.665. The van der Waals surface area contributed by atoms with E-state index in [9.17, 15) is 0 Å². The number of nitrogens with zero attached hydrogens (tertiary/aromatic N) is 1. The molecule has 0 heterocycles. The van der Waals surface area contributed by atoms with Crippen molar-refractivity contribution >= 4 is 0 Å². The first kappa shape index (κ1) is 11.1. The van der Waals surface area contributed by atoms with E-state index in [-0.39, 0.29) is 6.23 Å². The summed E-state index contributed by atoms with van der Waals surface area (Å²) < 4.78 is 5.75. The summed E-state index contributed by atoms with van der Waals surface area (Å²) in [6.07, 6.45) is 0.126. The third kappa shape index (κ3) is 3.04. The van der Waals surface area contributed by atoms with E-state index < -0.39 is 0 Å². The summed E-state index contributed by atoms with van der Waals surface area (Å²) in [5, 5.41) is 0. The lowest BCUT2D eigenvalue weighted by atomic mass is 10.3. The van der Waals surface area contributed by atoms with E-state index >= 15 is 0 Å². The molecule has 0 N–H and O–H groups in total. The summed E-state index contributed by atoms with van der Waals surface area (Å²) in [4.78, 5) is 2.26. The summed E-state index contributed by atoms with van der Waals surface area (Å²) in [5.74, 6) is 0.881. The Labute approximate surface area is 86.5 Å². The van der Waals surface area contributed by atoms with Crippen LogP contribution in [0.1, 0.15) is 20.8 Å². The highest BCUT2D eigenvalue weighted by Gasteiger charge is 2.10. The molecule has 0 bridgehead atoms. The zero-order chi connectivity index (χ0) is 10.4. The van der Waals surface area contributed by atoms with Gasteiger partial charge in [0.25, 0.3) is 0 Å². The Kier molecular flexibility index (Phi) is 4.47. The molecule has 1 atom stereocenters. The van der Waals surface area contributed by atoms with Crippen molar-refractivity contribution in [2.24, 2.45) is 0 Å². The van der Waals surface area contributed by atoms with Crippen LogP contribution in [0.2, 0.25) is 0 Å². The number of hydrogen-bond acceptors (Lipinski definition) is 2. The molecule has 0 fully saturated rings. The monoisotopic (exact) mass is 192 g/mol. The molecule has 0 amide bonds. The van der Waals surface area contributed by atoms with Gasteiger partial charge in [-0.2, -0.15) is 0 Å². The second-order valence-corrected chi connectivity index (χ2v) is 3.18. The van der Waals surface area contributed by atoms with E-state index in [2.05, 4.69) is 31.7 Å². The molecule has 14 heavy (non-hydrogen) atoms. The second-order valence-electron chi connectivity index (χ2n) is 3.18. The molecule has 1 unspecified atom stereocenters. The molecular formula is C12H18NO. The topological polar surface area (TPSA) is 12.5 Å². The maximum Gasteiger partial charge on any atom is 0.149 e. The first-order chi connectivity index (χ1) is 6.77. The summed E-state index contributed by atoms with van der Waals surface area (Å²) >= 11 is 0. The minimum absolute atomic E-state index is 0.126. The normalized spacial score (nSPS) is 12.9. The minimum atomic E-state index is 0.126. The third-order valence-electron chi connectivity index (χ3n) is 2.31. The first-order valence-corrected chi connectivity index (χ1v) is 5.14. The largest absolute Gasteiger partial charge is 0.475 e. The van der Waals surface area contributed by atoms with Crippen molar-refractivity contribution in [1.29, 1.82) is 0 Å². The Balaban J connectivity index is 2.52. The van der Waals surface area contributed by atoms with E-state index in [1.165, 1.54) is 0 Å². The molecule has 0 aliphatic heterocycles. The van der Waals surface area contributed by atoms with Crippen LogP contribution in [-0.4, -0.2) is 24.2 Å². The highest BCUT2D eigenvalue weighted by atomic mass is 16.5. The lowest BCUT2D eigenvalue weighted by molar-refractivity contribution is 0.0481. The van der Waals surface area contributed by atoms with Gasteiger partial charge in [-0.05, 0) is 38.2 Å². The number of hydrogen-bond donors (Lipinski definition) is 0. The van der Waals surface area contributed by atoms with Crippen LogP contribution in [-0.2, 0) is 0 Å². The van der Waals surface area contributed by atoms with E-state index in [0.29, 0.717) is 0 Å². The zero-order valence-corrected chi connectivity index (χ0v) is 9.16. The predicted octanol–water partition coefficient (Wildman–Crippen LogP) is 2.55. The maximum atomic E-state index is 5.75. The fraction of sp³-hybridized carbons (Fsp3) is 0.500. The Morgan fingerprint density at radius 2 is 2.14 bits per heavy atom. The molecule has 77 valence electrons. The lowest BCUT2D eigenvalue weighted by Crippen LogP contribution is -2.36. The van der Waals surface area contributed by atoms with Crippen molar-refractivity contribution in [3.63, 3.8) is 0 Å². The Hall–Kier alpha value is -1.02. The Morgan fingerprint density at radius 1 is 1.43 bits per heavy atom. The number of ether oxygens (including phenoxy) is 1. The molecular weight excluding hydrogens is 174 g/mol. The van der Waals surface area contributed by atoms with E-state index in [4.69, 9.17) is 4.74 Å². The number of benzene rings is 1. The zero-order valence-electron chi connectivity index (χ0n) is 9.16. The molecule has 1 aromatic carbocycles. The smallest absolute Gasteiger partial charge is 0.149 e. The molecule has 2 nitrogen and oxygen atoms in total. The molecule has 0 spiro atoms. The standard InChI is InChI=1S/C12H18NO/c1-4-13(5-2)11(3)14-12-9-7-6-8-10-12/h6-7,9-11H,4-5H2,1-3H3. The second kappa shape index (κ2) is 5.66. The molecule has 0 saturated heterocycles. The Bertz CT molecular complexity index is 244. The van der Waals surface area contributed by atoms with Gasteiger partial charge in [-0.1, -0.05) is 26.0 Å². The van der Waals surface area contributed by atoms with Crippen LogP contribution < -0.4 is 4.74 Å². The molecule has 1 rings (SSSR count). The van der Waals surface area contributed by atoms with Crippen molar-refractivity contribution in [3.8, 4) is 5.75 Å². The molecule has 0 aliphatic carbocycles. The van der Waals surface area contributed by atoms with Gasteiger partial charge in [0.1, 0.15) is 12.0 Å². The highest BCUT2D eigenvalue weighted by molar-refractivity contribution is 5.20. The van der Waals surface area contributed by atoms with Gasteiger partial charge in [0, 0.05) is 0 Å². The van der Waals surface area contributed by atoms with Gasteiger partial charge in [-0.15, -0.1) is 0 Å². The first-order valence-electron chi connectivity index (χ1n) is 5.14. The van der Waals surface area contributed by atoms with Gasteiger partial charge in [0.05, 0.1) is 0 Å². The van der Waals surface area contributed by atoms with Crippen LogP contribution in [0.3, 0.4) is 0 Å². The van der Waals surface area contributed by atoms with Crippen LogP contribution >= 0.6 is 0 Å². The Morgan fingerprint density at radius 3 is 2.64 bits per heavy atom. The molecule has 0 aliphatic rings. The summed E-state index contributed by atoms with van der Waals surface area (Å²) in [7, 11) is 0. The van der Waals surface area contributed by atoms with Gasteiger partial charge in [-0.25, -0.2) is 0 Å². The molecule has 0 aromatic heterocycles. The molecule has 1 aromatic rings. The van der Waals surface area contributed by atoms with E-state index in [1.54, 1.807) is 0 Å². The third-order valence-corrected chi connectivity index (χ3v) is 2.31. The van der Waals surface area contributed by atoms with Gasteiger partial charge in [0.2, 0.25) is 0 Å². The maximum absolute atomic E-state index is 5.75. The lowest BCUT2D eigenvalue weighted by Gasteiger charge is -2.26. The average molecular weight is 192 g/mol. The van der Waals surface area contributed by atoms with Crippen LogP contribution in [0.15, 0.2) is 24.3 Å². The molecule has 0 saturated carbocycles. The minimum Gasteiger partial charge on any atom is -0.475 e. The van der Waals surface area contributed by atoms with Gasteiger partial charge >= 0.3 is 0 Å². The van der Waals surface area contributed by atoms with Crippen molar-refractivity contribution in [3.05, 3.63) is 30.3 Å². The van der Waals surface area contributed by atoms with Crippen molar-refractivity contribution < 1.29 is 4.74 Å². The molecule has 2 heteroatoms. The van der Waals surface area contributed by atoms with Crippen LogP contribution in [0.5, 0.6) is 5.75 Å². The van der Waals surface area contributed by atoms with E-state index in [1.807, 2.05) is 24.3 Å². The van der Waals surface area contributed by atoms with Crippen LogP contribution in [0.4, 0.5) is 0 Å². The van der Waals surface area contributed by atoms with E-state index in [0.717, 1.165) is 18.8 Å². The summed E-state index contributed by atoms with van der Waals surface area (Å²) in [5.41, 5.74) is 0. The fourth-order valence-corrected chi connectivity index (χ4v) is 1.46. The van der Waals surface area contributed by atoms with Crippen molar-refractivity contribution in [1.82, 2.24) is 4.90 Å². The fourth-order valence-electron chi connectivity index (χ4n) is 1.46. The van der Waals surface area contributed by atoms with Gasteiger partial charge in [0.15, 0.2) is 0 Å². The summed E-state index contributed by atoms with van der Waals surface area (Å²) in [6, 6.07) is 10.6. The predicted molar refractivity (Wildman–Crippen MR) is 58.3 cm³/mol. The number of rotatable bonds is 5. The van der Waals surface area contributed by atoms with Crippen molar-refractivity contribution in [2.75, 3.05) is 13.1 Å². The highest BCUT2D eigenvalue weighted by Crippen LogP contribution is 2.12. The van der Waals surface area contributed by atoms with Gasteiger partial charge < -0.3 is 4.74 Å². The van der Waals surface area contributed by atoms with Crippen LogP contribution in [0.25, 0.3) is 0 Å². The molecule has 1 radical (unpaired) electrons. The van der Waals surface area contributed by atoms with Gasteiger partial charge in [-0.3, -0.25) is 4.90 Å². The summed E-state index contributed by atoms with van der Waals surface area (Å²) in [6.45, 7) is 8.36.